The molecule has 2 amide bonds. The molecule has 0 aliphatic carbocycles. The quantitative estimate of drug-likeness (QED) is 0.189. The maximum Gasteiger partial charge on any atom is 0.293 e. The maximum atomic E-state index is 13.7. The molecule has 3 heterocycles. The number of amides is 2. The fraction of sp³-hybridized carbons (Fsp3) is 0.0323. The minimum absolute atomic E-state index is 0.184. The zero-order valence-corrected chi connectivity index (χ0v) is 20.4. The van der Waals surface area contributed by atoms with Crippen LogP contribution in [0.25, 0.3) is 49.7 Å². The number of benzene rings is 4. The third-order valence-electron chi connectivity index (χ3n) is 6.79. The average molecular weight is 498 g/mol. The van der Waals surface area contributed by atoms with Crippen molar-refractivity contribution in [2.24, 2.45) is 0 Å². The number of hydrogen-bond donors (Lipinski definition) is 0. The van der Waals surface area contributed by atoms with Crippen LogP contribution in [0, 0.1) is 0 Å². The molecule has 0 N–H and O–H groups in total. The van der Waals surface area contributed by atoms with Gasteiger partial charge in [-0.05, 0) is 53.2 Å². The van der Waals surface area contributed by atoms with Crippen molar-refractivity contribution in [2.45, 2.75) is 6.54 Å². The number of carbonyl (C=O) groups excluding carboxylic acids is 2. The van der Waals surface area contributed by atoms with E-state index in [1.165, 1.54) is 4.90 Å². The van der Waals surface area contributed by atoms with Gasteiger partial charge in [-0.25, -0.2) is 9.97 Å². The number of para-hydroxylation sites is 4. The molecular weight excluding hydrogens is 478 g/mol. The molecule has 6 aromatic rings. The molecule has 1 aliphatic heterocycles. The zero-order chi connectivity index (χ0) is 24.9. The molecule has 1 saturated heterocycles. The van der Waals surface area contributed by atoms with Gasteiger partial charge in [-0.15, -0.1) is 0 Å². The molecular formula is C31H19N3O2S. The fourth-order valence-electron chi connectivity index (χ4n) is 5.05. The smallest absolute Gasteiger partial charge is 0.268 e. The molecule has 0 saturated carbocycles. The first-order valence-corrected chi connectivity index (χ1v) is 12.8. The van der Waals surface area contributed by atoms with E-state index in [0.29, 0.717) is 4.91 Å². The van der Waals surface area contributed by atoms with Gasteiger partial charge in [0.2, 0.25) is 0 Å². The van der Waals surface area contributed by atoms with E-state index in [-0.39, 0.29) is 17.7 Å². The molecule has 0 bridgehead atoms. The second-order valence-corrected chi connectivity index (χ2v) is 9.95. The van der Waals surface area contributed by atoms with Crippen molar-refractivity contribution in [3.63, 3.8) is 0 Å². The fourth-order valence-corrected chi connectivity index (χ4v) is 5.87. The molecule has 0 spiro atoms. The third-order valence-corrected chi connectivity index (χ3v) is 7.70. The lowest BCUT2D eigenvalue weighted by Gasteiger charge is -2.16. The predicted molar refractivity (Wildman–Crippen MR) is 150 cm³/mol. The lowest BCUT2D eigenvalue weighted by molar-refractivity contribution is -0.123. The average Bonchev–Trinajstić information content (AvgIpc) is 3.20. The van der Waals surface area contributed by atoms with E-state index in [4.69, 9.17) is 9.97 Å². The van der Waals surface area contributed by atoms with Crippen molar-refractivity contribution in [3.05, 3.63) is 113 Å². The molecule has 5 nitrogen and oxygen atoms in total. The summed E-state index contributed by atoms with van der Waals surface area (Å²) in [7, 11) is 0. The molecule has 176 valence electrons. The summed E-state index contributed by atoms with van der Waals surface area (Å²) < 4.78 is 0. The number of rotatable bonds is 3. The van der Waals surface area contributed by atoms with Crippen LogP contribution in [-0.2, 0) is 11.3 Å². The van der Waals surface area contributed by atoms with E-state index in [1.54, 1.807) is 0 Å². The molecule has 0 atom stereocenters. The van der Waals surface area contributed by atoms with Crippen LogP contribution >= 0.6 is 11.8 Å². The van der Waals surface area contributed by atoms with Gasteiger partial charge in [0.15, 0.2) is 0 Å². The lowest BCUT2D eigenvalue weighted by atomic mass is 10.0. The Bertz CT molecular complexity index is 1840. The van der Waals surface area contributed by atoms with E-state index < -0.39 is 0 Å². The highest BCUT2D eigenvalue weighted by atomic mass is 32.2. The highest BCUT2D eigenvalue weighted by Crippen LogP contribution is 2.38. The van der Waals surface area contributed by atoms with Gasteiger partial charge >= 0.3 is 0 Å². The van der Waals surface area contributed by atoms with Crippen molar-refractivity contribution in [1.29, 1.82) is 0 Å². The molecule has 4 aromatic carbocycles. The van der Waals surface area contributed by atoms with Gasteiger partial charge < -0.3 is 0 Å². The third kappa shape index (κ3) is 3.57. The molecule has 0 radical (unpaired) electrons. The first-order chi connectivity index (χ1) is 18.2. The van der Waals surface area contributed by atoms with Crippen molar-refractivity contribution >= 4 is 72.6 Å². The molecule has 1 fully saturated rings. The van der Waals surface area contributed by atoms with E-state index >= 15 is 0 Å². The largest absolute Gasteiger partial charge is 0.293 e. The van der Waals surface area contributed by atoms with Crippen LogP contribution in [-0.4, -0.2) is 26.0 Å². The van der Waals surface area contributed by atoms with Crippen molar-refractivity contribution in [1.82, 2.24) is 14.9 Å². The van der Waals surface area contributed by atoms with Crippen LogP contribution in [0.2, 0.25) is 0 Å². The summed E-state index contributed by atoms with van der Waals surface area (Å²) >= 11 is 0.986. The van der Waals surface area contributed by atoms with Gasteiger partial charge in [0.1, 0.15) is 0 Å². The number of nitrogens with zero attached hydrogens (tertiary/aromatic N) is 3. The van der Waals surface area contributed by atoms with Crippen LogP contribution in [0.4, 0.5) is 4.79 Å². The molecule has 1 aliphatic rings. The zero-order valence-electron chi connectivity index (χ0n) is 19.6. The molecule has 0 unspecified atom stereocenters. The van der Waals surface area contributed by atoms with Gasteiger partial charge in [0.05, 0.1) is 33.5 Å². The second kappa shape index (κ2) is 8.54. The maximum absolute atomic E-state index is 13.7. The van der Waals surface area contributed by atoms with Crippen LogP contribution in [0.15, 0.2) is 102 Å². The normalized spacial score (nSPS) is 15.1. The van der Waals surface area contributed by atoms with Crippen molar-refractivity contribution in [3.8, 4) is 0 Å². The standard InChI is InChI=1S/C31H19N3O2S/c35-30-29(17-23-19-9-1-5-13-25(19)32-26-14-6-2-10-20(23)26)37-31(36)34(30)18-24-21-11-3-7-15-27(21)33-28-16-8-4-12-22(24)28/h1-17H,18H2/b29-17+. The molecule has 6 heteroatoms. The number of aromatic nitrogens is 2. The summed E-state index contributed by atoms with van der Waals surface area (Å²) in [5.41, 5.74) is 5.20. The van der Waals surface area contributed by atoms with Crippen LogP contribution in [0.3, 0.4) is 0 Å². The minimum atomic E-state index is -0.287. The highest BCUT2D eigenvalue weighted by molar-refractivity contribution is 8.18. The summed E-state index contributed by atoms with van der Waals surface area (Å²) in [5.74, 6) is -0.287. The lowest BCUT2D eigenvalue weighted by Crippen LogP contribution is -2.27. The summed E-state index contributed by atoms with van der Waals surface area (Å²) in [6.07, 6.45) is 1.85. The summed E-state index contributed by atoms with van der Waals surface area (Å²) in [6.45, 7) is 0.184. The number of carbonyl (C=O) groups is 2. The van der Waals surface area contributed by atoms with Gasteiger partial charge in [-0.1, -0.05) is 72.8 Å². The number of fused-ring (bicyclic) bond motifs is 4. The van der Waals surface area contributed by atoms with Gasteiger partial charge in [0.25, 0.3) is 11.1 Å². The SMILES string of the molecule is O=C1S/C(=C/c2c3ccccc3nc3ccccc23)C(=O)N1Cc1c2ccccc2nc2ccccc12. The van der Waals surface area contributed by atoms with Gasteiger partial charge in [-0.2, -0.15) is 0 Å². The topological polar surface area (TPSA) is 63.2 Å². The monoisotopic (exact) mass is 497 g/mol. The number of thioether (sulfide) groups is 1. The predicted octanol–water partition coefficient (Wildman–Crippen LogP) is 7.33. The van der Waals surface area contributed by atoms with Gasteiger partial charge in [0, 0.05) is 21.5 Å². The Morgan fingerprint density at radius 3 is 1.57 bits per heavy atom. The summed E-state index contributed by atoms with van der Waals surface area (Å²) in [4.78, 5) is 38.1. The van der Waals surface area contributed by atoms with Crippen molar-refractivity contribution < 1.29 is 9.59 Å². The van der Waals surface area contributed by atoms with E-state index in [2.05, 4.69) is 0 Å². The van der Waals surface area contributed by atoms with E-state index in [0.717, 1.165) is 66.5 Å². The Labute approximate surface area is 216 Å². The second-order valence-electron chi connectivity index (χ2n) is 8.95. The Morgan fingerprint density at radius 1 is 0.622 bits per heavy atom. The Hall–Kier alpha value is -4.55. The van der Waals surface area contributed by atoms with Crippen LogP contribution < -0.4 is 0 Å². The van der Waals surface area contributed by atoms with Crippen molar-refractivity contribution in [2.75, 3.05) is 0 Å². The summed E-state index contributed by atoms with van der Waals surface area (Å²) in [6, 6.07) is 31.4. The molecule has 2 aromatic heterocycles. The molecule has 37 heavy (non-hydrogen) atoms. The minimum Gasteiger partial charge on any atom is -0.268 e. The van der Waals surface area contributed by atoms with Gasteiger partial charge in [-0.3, -0.25) is 14.5 Å². The summed E-state index contributed by atoms with van der Waals surface area (Å²) in [5, 5.41) is 3.49. The van der Waals surface area contributed by atoms with Crippen LogP contribution in [0.5, 0.6) is 0 Å². The van der Waals surface area contributed by atoms with E-state index in [1.807, 2.05) is 103 Å². The number of imide groups is 1. The Kier molecular flexibility index (Phi) is 5.01. The number of hydrogen-bond acceptors (Lipinski definition) is 5. The first-order valence-electron chi connectivity index (χ1n) is 12.0. The van der Waals surface area contributed by atoms with E-state index in [9.17, 15) is 9.59 Å². The Balaban J connectivity index is 1.35. The highest BCUT2D eigenvalue weighted by Gasteiger charge is 2.36. The Morgan fingerprint density at radius 2 is 1.05 bits per heavy atom. The molecule has 7 rings (SSSR count). The number of pyridine rings is 2. The van der Waals surface area contributed by atoms with Crippen LogP contribution in [0.1, 0.15) is 11.1 Å². The first kappa shape index (κ1) is 21.7.